The highest BCUT2D eigenvalue weighted by atomic mass is 16.5. The minimum Gasteiger partial charge on any atom is -0.465 e. The Morgan fingerprint density at radius 3 is 2.81 bits per heavy atom. The molecule has 0 heterocycles. The lowest BCUT2D eigenvalue weighted by atomic mass is 10.0. The van der Waals surface area contributed by atoms with Crippen LogP contribution in [0.1, 0.15) is 35.2 Å². The predicted molar refractivity (Wildman–Crippen MR) is 60.9 cm³/mol. The number of hydrogen-bond acceptors (Lipinski definition) is 3. The largest absolute Gasteiger partial charge is 0.465 e. The van der Waals surface area contributed by atoms with Crippen LogP contribution in [0.4, 0.5) is 0 Å². The fourth-order valence-corrected chi connectivity index (χ4v) is 1.57. The molecule has 0 unspecified atom stereocenters. The van der Waals surface area contributed by atoms with Gasteiger partial charge in [0.15, 0.2) is 0 Å². The van der Waals surface area contributed by atoms with Gasteiger partial charge in [-0.3, -0.25) is 0 Å². The molecule has 0 radical (unpaired) electrons. The van der Waals surface area contributed by atoms with Crippen molar-refractivity contribution in [3.63, 3.8) is 0 Å². The molecule has 1 aromatic carbocycles. The van der Waals surface area contributed by atoms with Crippen molar-refractivity contribution in [2.24, 2.45) is 0 Å². The molecule has 0 aliphatic rings. The van der Waals surface area contributed by atoms with Crippen molar-refractivity contribution in [1.29, 1.82) is 5.26 Å². The smallest absolute Gasteiger partial charge is 0.338 e. The van der Waals surface area contributed by atoms with E-state index in [-0.39, 0.29) is 5.97 Å². The van der Waals surface area contributed by atoms with E-state index in [9.17, 15) is 4.79 Å². The summed E-state index contributed by atoms with van der Waals surface area (Å²) in [5.41, 5.74) is 1.62. The highest BCUT2D eigenvalue weighted by Crippen LogP contribution is 2.13. The topological polar surface area (TPSA) is 50.1 Å². The summed E-state index contributed by atoms with van der Waals surface area (Å²) >= 11 is 0. The lowest BCUT2D eigenvalue weighted by molar-refractivity contribution is 0.0599. The zero-order valence-corrected chi connectivity index (χ0v) is 9.40. The molecule has 0 amide bonds. The molecule has 0 bridgehead atoms. The van der Waals surface area contributed by atoms with Gasteiger partial charge in [-0.25, -0.2) is 4.79 Å². The Hall–Kier alpha value is -1.82. The number of methoxy groups -OCH3 is 1. The number of benzene rings is 1. The summed E-state index contributed by atoms with van der Waals surface area (Å²) in [6.45, 7) is 0. The number of unbranched alkanes of at least 4 members (excludes halogenated alkanes) is 2. The number of rotatable bonds is 5. The molecule has 0 spiro atoms. The lowest BCUT2D eigenvalue weighted by Gasteiger charge is -2.06. The number of nitriles is 1. The van der Waals surface area contributed by atoms with Crippen molar-refractivity contribution in [2.45, 2.75) is 25.7 Å². The molecule has 0 saturated carbocycles. The van der Waals surface area contributed by atoms with Gasteiger partial charge in [0.25, 0.3) is 0 Å². The number of aryl methyl sites for hydroxylation is 1. The minimum absolute atomic E-state index is 0.295. The third-order valence-electron chi connectivity index (χ3n) is 2.41. The first kappa shape index (κ1) is 12.3. The first-order valence-corrected chi connectivity index (χ1v) is 5.32. The Balaban J connectivity index is 2.65. The fourth-order valence-electron chi connectivity index (χ4n) is 1.57. The van der Waals surface area contributed by atoms with Gasteiger partial charge in [-0.05, 0) is 30.9 Å². The monoisotopic (exact) mass is 217 g/mol. The molecule has 0 fully saturated rings. The van der Waals surface area contributed by atoms with Crippen molar-refractivity contribution in [2.75, 3.05) is 7.11 Å². The summed E-state index contributed by atoms with van der Waals surface area (Å²) in [5.74, 6) is -0.295. The van der Waals surface area contributed by atoms with E-state index in [1.807, 2.05) is 18.2 Å². The molecule has 3 heteroatoms. The van der Waals surface area contributed by atoms with Crippen LogP contribution in [0.3, 0.4) is 0 Å². The molecule has 0 aliphatic carbocycles. The lowest BCUT2D eigenvalue weighted by Crippen LogP contribution is -2.05. The normalized spacial score (nSPS) is 9.50. The second kappa shape index (κ2) is 6.62. The Labute approximate surface area is 95.7 Å². The van der Waals surface area contributed by atoms with Gasteiger partial charge in [-0.2, -0.15) is 5.26 Å². The van der Waals surface area contributed by atoms with Crippen LogP contribution in [-0.4, -0.2) is 13.1 Å². The van der Waals surface area contributed by atoms with Crippen LogP contribution in [0, 0.1) is 11.3 Å². The van der Waals surface area contributed by atoms with Crippen LogP contribution in [0.5, 0.6) is 0 Å². The van der Waals surface area contributed by atoms with Gasteiger partial charge in [-0.15, -0.1) is 0 Å². The van der Waals surface area contributed by atoms with Crippen LogP contribution < -0.4 is 0 Å². The highest BCUT2D eigenvalue weighted by molar-refractivity contribution is 5.90. The maximum Gasteiger partial charge on any atom is 0.338 e. The number of hydrogen-bond donors (Lipinski definition) is 0. The van der Waals surface area contributed by atoms with E-state index in [1.165, 1.54) is 7.11 Å². The summed E-state index contributed by atoms with van der Waals surface area (Å²) < 4.78 is 4.71. The first-order chi connectivity index (χ1) is 7.79. The van der Waals surface area contributed by atoms with Gasteiger partial charge in [0.1, 0.15) is 0 Å². The zero-order valence-electron chi connectivity index (χ0n) is 9.40. The molecule has 0 aromatic heterocycles. The van der Waals surface area contributed by atoms with Crippen LogP contribution in [-0.2, 0) is 11.2 Å². The standard InChI is InChI=1S/C13H15NO2/c1-16-13(15)12-9-5-4-8-11(12)7-3-2-6-10-14/h4-5,8-9H,2-3,6-7H2,1H3. The maximum absolute atomic E-state index is 11.4. The third kappa shape index (κ3) is 3.39. The van der Waals surface area contributed by atoms with E-state index in [2.05, 4.69) is 6.07 Å². The summed E-state index contributed by atoms with van der Waals surface area (Å²) in [6.07, 6.45) is 3.17. The van der Waals surface area contributed by atoms with Crippen molar-refractivity contribution in [3.05, 3.63) is 35.4 Å². The molecule has 16 heavy (non-hydrogen) atoms. The van der Waals surface area contributed by atoms with Crippen molar-refractivity contribution < 1.29 is 9.53 Å². The number of carbonyl (C=O) groups is 1. The minimum atomic E-state index is -0.295. The average molecular weight is 217 g/mol. The SMILES string of the molecule is COC(=O)c1ccccc1CCCCC#N. The van der Waals surface area contributed by atoms with E-state index in [0.29, 0.717) is 12.0 Å². The molecular weight excluding hydrogens is 202 g/mol. The van der Waals surface area contributed by atoms with Gasteiger partial charge in [0, 0.05) is 6.42 Å². The van der Waals surface area contributed by atoms with Gasteiger partial charge in [-0.1, -0.05) is 18.2 Å². The van der Waals surface area contributed by atoms with Gasteiger partial charge < -0.3 is 4.74 Å². The Morgan fingerprint density at radius 2 is 2.12 bits per heavy atom. The quantitative estimate of drug-likeness (QED) is 0.562. The first-order valence-electron chi connectivity index (χ1n) is 5.32. The number of ether oxygens (including phenoxy) is 1. The molecule has 1 rings (SSSR count). The third-order valence-corrected chi connectivity index (χ3v) is 2.41. The summed E-state index contributed by atoms with van der Waals surface area (Å²) in [4.78, 5) is 11.4. The number of esters is 1. The van der Waals surface area contributed by atoms with Crippen LogP contribution in [0.25, 0.3) is 0 Å². The summed E-state index contributed by atoms with van der Waals surface area (Å²) in [5, 5.41) is 8.42. The molecular formula is C13H15NO2. The second-order valence-electron chi connectivity index (χ2n) is 3.51. The fraction of sp³-hybridized carbons (Fsp3) is 0.385. The molecule has 0 aliphatic heterocycles. The molecule has 1 aromatic rings. The van der Waals surface area contributed by atoms with Gasteiger partial charge in [0.05, 0.1) is 18.7 Å². The van der Waals surface area contributed by atoms with Gasteiger partial charge in [0.2, 0.25) is 0 Å². The van der Waals surface area contributed by atoms with Crippen molar-refractivity contribution >= 4 is 5.97 Å². The summed E-state index contributed by atoms with van der Waals surface area (Å²) in [6, 6.07) is 9.54. The Kier molecular flexibility index (Phi) is 5.07. The van der Waals surface area contributed by atoms with E-state index < -0.39 is 0 Å². The molecule has 0 saturated heterocycles. The predicted octanol–water partition coefficient (Wildman–Crippen LogP) is 2.71. The number of nitrogens with zero attached hydrogens (tertiary/aromatic N) is 1. The van der Waals surface area contributed by atoms with Crippen molar-refractivity contribution in [3.8, 4) is 6.07 Å². The Bertz CT molecular complexity index is 393. The molecule has 3 nitrogen and oxygen atoms in total. The van der Waals surface area contributed by atoms with Gasteiger partial charge >= 0.3 is 5.97 Å². The van der Waals surface area contributed by atoms with Crippen LogP contribution >= 0.6 is 0 Å². The van der Waals surface area contributed by atoms with E-state index in [1.54, 1.807) is 6.07 Å². The maximum atomic E-state index is 11.4. The molecule has 0 N–H and O–H groups in total. The second-order valence-corrected chi connectivity index (χ2v) is 3.51. The molecule has 84 valence electrons. The van der Waals surface area contributed by atoms with Crippen molar-refractivity contribution in [1.82, 2.24) is 0 Å². The van der Waals surface area contributed by atoms with E-state index in [4.69, 9.17) is 10.00 Å². The van der Waals surface area contributed by atoms with Crippen LogP contribution in [0.2, 0.25) is 0 Å². The average Bonchev–Trinajstić information content (AvgIpc) is 2.34. The summed E-state index contributed by atoms with van der Waals surface area (Å²) in [7, 11) is 1.38. The highest BCUT2D eigenvalue weighted by Gasteiger charge is 2.09. The Morgan fingerprint density at radius 1 is 1.38 bits per heavy atom. The van der Waals surface area contributed by atoms with E-state index in [0.717, 1.165) is 24.8 Å². The van der Waals surface area contributed by atoms with E-state index >= 15 is 0 Å². The number of carbonyl (C=O) groups excluding carboxylic acids is 1. The molecule has 0 atom stereocenters. The van der Waals surface area contributed by atoms with Crippen LogP contribution in [0.15, 0.2) is 24.3 Å². The zero-order chi connectivity index (χ0) is 11.8.